The first-order valence-corrected chi connectivity index (χ1v) is 8.36. The molecule has 1 heterocycles. The molecule has 1 aromatic heterocycles. The van der Waals surface area contributed by atoms with Gasteiger partial charge in [0.25, 0.3) is 0 Å². The first-order valence-electron chi connectivity index (χ1n) is 7.54. The van der Waals surface area contributed by atoms with Crippen molar-refractivity contribution >= 4 is 11.3 Å². The lowest BCUT2D eigenvalue weighted by molar-refractivity contribution is 0.589. The van der Waals surface area contributed by atoms with E-state index in [4.69, 9.17) is 4.98 Å². The Hall–Kier alpha value is -1.26. The minimum absolute atomic E-state index is 0.147. The number of nitrogens with zero attached hydrogens (tertiary/aromatic N) is 1. The summed E-state index contributed by atoms with van der Waals surface area (Å²) in [5.41, 5.74) is 1.89. The fourth-order valence-corrected chi connectivity index (χ4v) is 3.27. The molecule has 0 saturated carbocycles. The Morgan fingerprint density at radius 3 is 2.71 bits per heavy atom. The molecule has 0 atom stereocenters. The van der Waals surface area contributed by atoms with Crippen LogP contribution in [0.25, 0.3) is 0 Å². The fourth-order valence-electron chi connectivity index (χ4n) is 2.18. The summed E-state index contributed by atoms with van der Waals surface area (Å²) >= 11 is 1.70. The highest BCUT2D eigenvalue weighted by Gasteiger charge is 2.12. The molecular weight excluding hydrogens is 283 g/mol. The molecule has 0 fully saturated rings. The van der Waals surface area contributed by atoms with Gasteiger partial charge in [0.2, 0.25) is 0 Å². The first kappa shape index (κ1) is 16.1. The van der Waals surface area contributed by atoms with Crippen LogP contribution in [-0.2, 0) is 19.4 Å². The van der Waals surface area contributed by atoms with Gasteiger partial charge in [-0.1, -0.05) is 45.4 Å². The molecule has 1 aromatic carbocycles. The second kappa shape index (κ2) is 7.66. The SMILES string of the molecule is CCCc1nc(Cc2ccccc2F)sc1CNC(C)C. The quantitative estimate of drug-likeness (QED) is 0.824. The van der Waals surface area contributed by atoms with Crippen molar-refractivity contribution in [1.29, 1.82) is 0 Å². The van der Waals surface area contributed by atoms with Gasteiger partial charge in [0.1, 0.15) is 5.82 Å². The molecule has 0 aliphatic heterocycles. The third kappa shape index (κ3) is 4.61. The van der Waals surface area contributed by atoms with Gasteiger partial charge in [-0.2, -0.15) is 0 Å². The topological polar surface area (TPSA) is 24.9 Å². The lowest BCUT2D eigenvalue weighted by Gasteiger charge is -2.07. The highest BCUT2D eigenvalue weighted by Crippen LogP contribution is 2.23. The Morgan fingerprint density at radius 1 is 1.29 bits per heavy atom. The van der Waals surface area contributed by atoms with E-state index in [1.54, 1.807) is 17.4 Å². The van der Waals surface area contributed by atoms with E-state index in [0.717, 1.165) is 30.0 Å². The van der Waals surface area contributed by atoms with Crippen molar-refractivity contribution in [1.82, 2.24) is 10.3 Å². The first-order chi connectivity index (χ1) is 10.1. The van der Waals surface area contributed by atoms with Crippen LogP contribution in [0.2, 0.25) is 0 Å². The molecule has 0 radical (unpaired) electrons. The predicted octanol–water partition coefficient (Wildman–Crippen LogP) is 4.32. The van der Waals surface area contributed by atoms with Gasteiger partial charge in [-0.25, -0.2) is 9.37 Å². The van der Waals surface area contributed by atoms with E-state index in [2.05, 4.69) is 26.1 Å². The highest BCUT2D eigenvalue weighted by atomic mass is 32.1. The van der Waals surface area contributed by atoms with Gasteiger partial charge in [-0.3, -0.25) is 0 Å². The standard InChI is InChI=1S/C17H23FN2S/c1-4-7-15-16(11-19-12(2)3)21-17(20-15)10-13-8-5-6-9-14(13)18/h5-6,8-9,12,19H,4,7,10-11H2,1-3H3. The average molecular weight is 306 g/mol. The van der Waals surface area contributed by atoms with Gasteiger partial charge in [-0.15, -0.1) is 11.3 Å². The molecule has 0 spiro atoms. The Kier molecular flexibility index (Phi) is 5.88. The van der Waals surface area contributed by atoms with Gasteiger partial charge >= 0.3 is 0 Å². The van der Waals surface area contributed by atoms with Gasteiger partial charge in [0.05, 0.1) is 10.7 Å². The summed E-state index contributed by atoms with van der Waals surface area (Å²) in [6.07, 6.45) is 2.65. The third-order valence-corrected chi connectivity index (χ3v) is 4.38. The monoisotopic (exact) mass is 306 g/mol. The Bertz CT molecular complexity index is 578. The van der Waals surface area contributed by atoms with Gasteiger partial charge in [-0.05, 0) is 18.1 Å². The van der Waals surface area contributed by atoms with Crippen LogP contribution in [0.3, 0.4) is 0 Å². The minimum Gasteiger partial charge on any atom is -0.310 e. The molecule has 4 heteroatoms. The summed E-state index contributed by atoms with van der Waals surface area (Å²) in [7, 11) is 0. The van der Waals surface area contributed by atoms with E-state index in [0.29, 0.717) is 12.5 Å². The zero-order valence-electron chi connectivity index (χ0n) is 12.9. The number of nitrogens with one attached hydrogen (secondary N) is 1. The fraction of sp³-hybridized carbons (Fsp3) is 0.471. The second-order valence-electron chi connectivity index (χ2n) is 5.53. The average Bonchev–Trinajstić information content (AvgIpc) is 2.81. The van der Waals surface area contributed by atoms with Crippen molar-refractivity contribution < 1.29 is 4.39 Å². The van der Waals surface area contributed by atoms with Crippen LogP contribution < -0.4 is 5.32 Å². The van der Waals surface area contributed by atoms with Crippen LogP contribution in [0.15, 0.2) is 24.3 Å². The molecule has 2 aromatic rings. The summed E-state index contributed by atoms with van der Waals surface area (Å²) in [5, 5.41) is 4.45. The molecule has 0 aliphatic rings. The highest BCUT2D eigenvalue weighted by molar-refractivity contribution is 7.11. The van der Waals surface area contributed by atoms with E-state index in [1.165, 1.54) is 16.6 Å². The summed E-state index contributed by atoms with van der Waals surface area (Å²) in [4.78, 5) is 6.01. The van der Waals surface area contributed by atoms with E-state index < -0.39 is 0 Å². The molecule has 1 N–H and O–H groups in total. The summed E-state index contributed by atoms with van der Waals surface area (Å²) in [6, 6.07) is 7.40. The summed E-state index contributed by atoms with van der Waals surface area (Å²) in [6.45, 7) is 7.29. The third-order valence-electron chi connectivity index (χ3n) is 3.28. The van der Waals surface area contributed by atoms with Crippen LogP contribution >= 0.6 is 11.3 Å². The largest absolute Gasteiger partial charge is 0.310 e. The van der Waals surface area contributed by atoms with Crippen molar-refractivity contribution in [3.8, 4) is 0 Å². The van der Waals surface area contributed by atoms with Gasteiger partial charge in [0, 0.05) is 23.9 Å². The normalized spacial score (nSPS) is 11.3. The maximum atomic E-state index is 13.7. The van der Waals surface area contributed by atoms with Crippen molar-refractivity contribution in [3.05, 3.63) is 51.2 Å². The Balaban J connectivity index is 2.16. The molecule has 2 rings (SSSR count). The van der Waals surface area contributed by atoms with Crippen LogP contribution in [0.1, 0.15) is 48.3 Å². The zero-order chi connectivity index (χ0) is 15.2. The maximum Gasteiger partial charge on any atom is 0.126 e. The number of rotatable bonds is 7. The smallest absolute Gasteiger partial charge is 0.126 e. The number of thiazole rings is 1. The van der Waals surface area contributed by atoms with Gasteiger partial charge in [0.15, 0.2) is 0 Å². The molecule has 0 bridgehead atoms. The van der Waals surface area contributed by atoms with Crippen LogP contribution in [-0.4, -0.2) is 11.0 Å². The number of hydrogen-bond acceptors (Lipinski definition) is 3. The van der Waals surface area contributed by atoms with Crippen molar-refractivity contribution in [3.63, 3.8) is 0 Å². The minimum atomic E-state index is -0.147. The summed E-state index contributed by atoms with van der Waals surface area (Å²) in [5.74, 6) is -0.147. The van der Waals surface area contributed by atoms with Crippen LogP contribution in [0.5, 0.6) is 0 Å². The molecule has 0 amide bonds. The lowest BCUT2D eigenvalue weighted by Crippen LogP contribution is -2.21. The molecule has 114 valence electrons. The van der Waals surface area contributed by atoms with E-state index >= 15 is 0 Å². The number of aryl methyl sites for hydroxylation is 1. The van der Waals surface area contributed by atoms with E-state index in [-0.39, 0.29) is 5.82 Å². The molecule has 21 heavy (non-hydrogen) atoms. The molecule has 0 saturated heterocycles. The van der Waals surface area contributed by atoms with Crippen molar-refractivity contribution in [2.24, 2.45) is 0 Å². The number of halogens is 1. The lowest BCUT2D eigenvalue weighted by atomic mass is 10.1. The second-order valence-corrected chi connectivity index (χ2v) is 6.70. The molecule has 0 unspecified atom stereocenters. The molecule has 2 nitrogen and oxygen atoms in total. The van der Waals surface area contributed by atoms with Gasteiger partial charge < -0.3 is 5.32 Å². The maximum absolute atomic E-state index is 13.7. The van der Waals surface area contributed by atoms with E-state index in [9.17, 15) is 4.39 Å². The van der Waals surface area contributed by atoms with Crippen LogP contribution in [0, 0.1) is 5.82 Å². The van der Waals surface area contributed by atoms with Crippen LogP contribution in [0.4, 0.5) is 4.39 Å². The zero-order valence-corrected chi connectivity index (χ0v) is 13.8. The molecule has 0 aliphatic carbocycles. The van der Waals surface area contributed by atoms with E-state index in [1.807, 2.05) is 12.1 Å². The predicted molar refractivity (Wildman–Crippen MR) is 87.3 cm³/mol. The molecular formula is C17H23FN2S. The van der Waals surface area contributed by atoms with Crippen molar-refractivity contribution in [2.75, 3.05) is 0 Å². The van der Waals surface area contributed by atoms with Crippen molar-refractivity contribution in [2.45, 2.75) is 52.6 Å². The Morgan fingerprint density at radius 2 is 2.05 bits per heavy atom. The summed E-state index contributed by atoms with van der Waals surface area (Å²) < 4.78 is 13.7. The number of hydrogen-bond donors (Lipinski definition) is 1. The Labute approximate surface area is 130 Å². The number of aromatic nitrogens is 1. The number of benzene rings is 1.